The molecule has 1 N–H and O–H groups in total. The minimum absolute atomic E-state index is 0.520. The fourth-order valence-corrected chi connectivity index (χ4v) is 3.46. The molecule has 1 unspecified atom stereocenters. The van der Waals surface area contributed by atoms with Gasteiger partial charge < -0.3 is 19.5 Å². The molecule has 4 nitrogen and oxygen atoms in total. The highest BCUT2D eigenvalue weighted by Gasteiger charge is 2.20. The molecule has 1 aliphatic rings. The van der Waals surface area contributed by atoms with Gasteiger partial charge in [0.25, 0.3) is 0 Å². The van der Waals surface area contributed by atoms with Crippen LogP contribution in [0, 0.1) is 0 Å². The highest BCUT2D eigenvalue weighted by atomic mass is 32.1. The van der Waals surface area contributed by atoms with Crippen molar-refractivity contribution >= 4 is 11.3 Å². The van der Waals surface area contributed by atoms with Gasteiger partial charge in [0.2, 0.25) is 0 Å². The van der Waals surface area contributed by atoms with Crippen molar-refractivity contribution in [3.8, 4) is 0 Å². The van der Waals surface area contributed by atoms with E-state index in [1.54, 1.807) is 12.0 Å². The summed E-state index contributed by atoms with van der Waals surface area (Å²) in [6, 6.07) is 2.79. The molecule has 2 rings (SSSR count). The summed E-state index contributed by atoms with van der Waals surface area (Å²) >= 11 is 1.89. The van der Waals surface area contributed by atoms with Crippen molar-refractivity contribution in [2.75, 3.05) is 46.7 Å². The Labute approximate surface area is 125 Å². The van der Waals surface area contributed by atoms with Crippen LogP contribution in [0.5, 0.6) is 0 Å². The van der Waals surface area contributed by atoms with Gasteiger partial charge in [0.1, 0.15) is 0 Å². The van der Waals surface area contributed by atoms with E-state index in [0.29, 0.717) is 32.5 Å². The zero-order chi connectivity index (χ0) is 14.0. The molecular weight excluding hydrogens is 274 g/mol. The van der Waals surface area contributed by atoms with Crippen molar-refractivity contribution in [3.63, 3.8) is 0 Å². The summed E-state index contributed by atoms with van der Waals surface area (Å²) in [4.78, 5) is 1.56. The lowest BCUT2D eigenvalue weighted by molar-refractivity contribution is 0.0251. The van der Waals surface area contributed by atoms with Gasteiger partial charge in [-0.3, -0.25) is 0 Å². The smallest absolute Gasteiger partial charge is 0.0701 e. The van der Waals surface area contributed by atoms with Gasteiger partial charge in [0, 0.05) is 24.6 Å². The van der Waals surface area contributed by atoms with Crippen LogP contribution in [0.25, 0.3) is 0 Å². The highest BCUT2D eigenvalue weighted by Crippen LogP contribution is 2.32. The number of fused-ring (bicyclic) bond motifs is 1. The third-order valence-corrected chi connectivity index (χ3v) is 4.49. The summed E-state index contributed by atoms with van der Waals surface area (Å²) in [6.45, 7) is 4.22. The number of hydrogen-bond acceptors (Lipinski definition) is 5. The molecule has 0 spiro atoms. The number of hydrogen-bond donors (Lipinski definition) is 1. The minimum atomic E-state index is 0.520. The lowest BCUT2D eigenvalue weighted by Gasteiger charge is -2.23. The van der Waals surface area contributed by atoms with Crippen LogP contribution < -0.4 is 5.32 Å². The van der Waals surface area contributed by atoms with E-state index in [4.69, 9.17) is 14.2 Å². The largest absolute Gasteiger partial charge is 0.382 e. The number of rotatable bonds is 10. The molecule has 0 saturated carbocycles. The molecule has 1 aromatic rings. The maximum absolute atomic E-state index is 5.55. The average molecular weight is 299 g/mol. The number of aryl methyl sites for hydroxylation is 1. The van der Waals surface area contributed by atoms with E-state index in [1.807, 2.05) is 11.3 Å². The number of thiophene rings is 1. The Morgan fingerprint density at radius 2 is 2.00 bits per heavy atom. The third kappa shape index (κ3) is 5.14. The molecule has 0 fully saturated rings. The van der Waals surface area contributed by atoms with Crippen molar-refractivity contribution < 1.29 is 14.2 Å². The van der Waals surface area contributed by atoms with Crippen LogP contribution in [-0.4, -0.2) is 46.7 Å². The molecule has 0 aliphatic heterocycles. The van der Waals surface area contributed by atoms with Gasteiger partial charge in [0.15, 0.2) is 0 Å². The second-order valence-electron chi connectivity index (χ2n) is 4.92. The fourth-order valence-electron chi connectivity index (χ4n) is 2.47. The molecule has 5 heteroatoms. The van der Waals surface area contributed by atoms with E-state index in [0.717, 1.165) is 13.2 Å². The molecular formula is C15H25NO3S. The standard InChI is InChI=1S/C15H25NO3S/c1-17-8-9-19-11-10-18-7-6-16-14-3-2-4-15-13(14)5-12-20-15/h5,12,14,16H,2-4,6-11H2,1H3. The zero-order valence-corrected chi connectivity index (χ0v) is 13.0. The molecule has 114 valence electrons. The van der Waals surface area contributed by atoms with Crippen LogP contribution in [0.4, 0.5) is 0 Å². The second-order valence-corrected chi connectivity index (χ2v) is 5.92. The van der Waals surface area contributed by atoms with Gasteiger partial charge in [-0.25, -0.2) is 0 Å². The molecule has 0 saturated heterocycles. The summed E-state index contributed by atoms with van der Waals surface area (Å²) in [5.74, 6) is 0. The van der Waals surface area contributed by atoms with Gasteiger partial charge in [-0.05, 0) is 36.3 Å². The van der Waals surface area contributed by atoms with Crippen molar-refractivity contribution in [1.29, 1.82) is 0 Å². The predicted octanol–water partition coefficient (Wildman–Crippen LogP) is 2.39. The zero-order valence-electron chi connectivity index (χ0n) is 12.2. The molecule has 0 bridgehead atoms. The SMILES string of the molecule is COCCOCCOCCNC1CCCc2sccc21. The maximum Gasteiger partial charge on any atom is 0.0701 e. The van der Waals surface area contributed by atoms with Gasteiger partial charge in [0.05, 0.1) is 33.0 Å². The van der Waals surface area contributed by atoms with Crippen molar-refractivity contribution in [2.24, 2.45) is 0 Å². The summed E-state index contributed by atoms with van der Waals surface area (Å²) in [5, 5.41) is 5.80. The molecule has 0 radical (unpaired) electrons. The summed E-state index contributed by atoms with van der Waals surface area (Å²) in [7, 11) is 1.68. The van der Waals surface area contributed by atoms with Crippen LogP contribution >= 0.6 is 11.3 Å². The van der Waals surface area contributed by atoms with Crippen LogP contribution in [0.2, 0.25) is 0 Å². The lowest BCUT2D eigenvalue weighted by Crippen LogP contribution is -2.27. The summed E-state index contributed by atoms with van der Waals surface area (Å²) in [5.41, 5.74) is 1.50. The molecule has 1 aliphatic carbocycles. The molecule has 0 amide bonds. The van der Waals surface area contributed by atoms with Crippen LogP contribution in [0.3, 0.4) is 0 Å². The van der Waals surface area contributed by atoms with Crippen molar-refractivity contribution in [1.82, 2.24) is 5.32 Å². The quantitative estimate of drug-likeness (QED) is 0.674. The first kappa shape index (κ1) is 15.9. The summed E-state index contributed by atoms with van der Waals surface area (Å²) < 4.78 is 15.8. The topological polar surface area (TPSA) is 39.7 Å². The van der Waals surface area contributed by atoms with E-state index in [-0.39, 0.29) is 0 Å². The Kier molecular flexibility index (Phi) is 7.54. The molecule has 20 heavy (non-hydrogen) atoms. The Morgan fingerprint density at radius 3 is 2.85 bits per heavy atom. The highest BCUT2D eigenvalue weighted by molar-refractivity contribution is 7.10. The molecule has 1 aromatic heterocycles. The van der Waals surface area contributed by atoms with E-state index >= 15 is 0 Å². The first-order valence-electron chi connectivity index (χ1n) is 7.36. The van der Waals surface area contributed by atoms with Crippen molar-refractivity contribution in [2.45, 2.75) is 25.3 Å². The van der Waals surface area contributed by atoms with E-state index in [1.165, 1.54) is 24.8 Å². The Balaban J connectivity index is 1.50. The monoisotopic (exact) mass is 299 g/mol. The fraction of sp³-hybridized carbons (Fsp3) is 0.733. The Morgan fingerprint density at radius 1 is 1.20 bits per heavy atom. The normalized spacial score (nSPS) is 18.1. The molecule has 0 aromatic carbocycles. The van der Waals surface area contributed by atoms with Crippen LogP contribution in [0.15, 0.2) is 11.4 Å². The Hall–Kier alpha value is -0.460. The predicted molar refractivity (Wildman–Crippen MR) is 81.5 cm³/mol. The number of methoxy groups -OCH3 is 1. The van der Waals surface area contributed by atoms with Crippen molar-refractivity contribution in [3.05, 3.63) is 21.9 Å². The molecule has 1 atom stereocenters. The number of nitrogens with one attached hydrogen (secondary N) is 1. The van der Waals surface area contributed by atoms with Gasteiger partial charge in [-0.1, -0.05) is 0 Å². The molecule has 1 heterocycles. The number of ether oxygens (including phenoxy) is 3. The third-order valence-electron chi connectivity index (χ3n) is 3.49. The minimum Gasteiger partial charge on any atom is -0.382 e. The average Bonchev–Trinajstić information content (AvgIpc) is 2.95. The van der Waals surface area contributed by atoms with Crippen LogP contribution in [-0.2, 0) is 20.6 Å². The summed E-state index contributed by atoms with van der Waals surface area (Å²) in [6.07, 6.45) is 3.78. The maximum atomic E-state index is 5.55. The second kappa shape index (κ2) is 9.47. The lowest BCUT2D eigenvalue weighted by atomic mass is 9.94. The first-order chi connectivity index (χ1) is 9.92. The van der Waals surface area contributed by atoms with E-state index < -0.39 is 0 Å². The van der Waals surface area contributed by atoms with Gasteiger partial charge >= 0.3 is 0 Å². The van der Waals surface area contributed by atoms with Gasteiger partial charge in [-0.15, -0.1) is 11.3 Å². The van der Waals surface area contributed by atoms with E-state index in [9.17, 15) is 0 Å². The van der Waals surface area contributed by atoms with E-state index in [2.05, 4.69) is 16.8 Å². The first-order valence-corrected chi connectivity index (χ1v) is 8.24. The Bertz CT molecular complexity index is 370. The van der Waals surface area contributed by atoms with Gasteiger partial charge in [-0.2, -0.15) is 0 Å². The van der Waals surface area contributed by atoms with Crippen LogP contribution in [0.1, 0.15) is 29.3 Å².